The number of aryl methyl sites for hydroxylation is 1. The number of nitrogens with zero attached hydrogens (tertiary/aromatic N) is 1. The van der Waals surface area contributed by atoms with E-state index in [0.29, 0.717) is 26.2 Å². The fraction of sp³-hybridized carbons (Fsp3) is 0.611. The second-order valence-corrected chi connectivity index (χ2v) is 6.61. The van der Waals surface area contributed by atoms with E-state index in [4.69, 9.17) is 9.47 Å². The Morgan fingerprint density at radius 3 is 3.08 bits per heavy atom. The number of aliphatic hydroxyl groups excluding tert-OH is 1. The number of hydrogen-bond acceptors (Lipinski definition) is 4. The fourth-order valence-corrected chi connectivity index (χ4v) is 3.61. The van der Waals surface area contributed by atoms with Crippen LogP contribution in [-0.4, -0.2) is 54.4 Å². The van der Waals surface area contributed by atoms with Crippen LogP contribution in [0.2, 0.25) is 0 Å². The Balaban J connectivity index is 1.62. The number of rotatable bonds is 4. The molecule has 1 aromatic carbocycles. The lowest BCUT2D eigenvalue weighted by Crippen LogP contribution is -2.49. The minimum absolute atomic E-state index is 0.0289. The highest BCUT2D eigenvalue weighted by Crippen LogP contribution is 2.30. The molecule has 2 aliphatic rings. The molecule has 2 saturated heterocycles. The Hall–Kier alpha value is -1.66. The molecule has 0 aliphatic carbocycles. The molecular formula is C18H24FNO4. The zero-order valence-corrected chi connectivity index (χ0v) is 13.9. The molecule has 6 heteroatoms. The van der Waals surface area contributed by atoms with Gasteiger partial charge in [-0.05, 0) is 43.9 Å². The number of hydrogen-bond donors (Lipinski definition) is 1. The predicted octanol–water partition coefficient (Wildman–Crippen LogP) is 1.90. The summed E-state index contributed by atoms with van der Waals surface area (Å²) >= 11 is 0. The number of aliphatic hydroxyl groups is 1. The third-order valence-corrected chi connectivity index (χ3v) is 4.91. The second-order valence-electron chi connectivity index (χ2n) is 6.61. The van der Waals surface area contributed by atoms with Gasteiger partial charge < -0.3 is 19.5 Å². The van der Waals surface area contributed by atoms with Crippen molar-refractivity contribution in [3.8, 4) is 5.75 Å². The summed E-state index contributed by atoms with van der Waals surface area (Å²) in [6.45, 7) is 3.33. The highest BCUT2D eigenvalue weighted by Gasteiger charge is 2.39. The zero-order chi connectivity index (χ0) is 17.1. The number of halogens is 1. The van der Waals surface area contributed by atoms with Gasteiger partial charge in [0.05, 0.1) is 12.7 Å². The van der Waals surface area contributed by atoms with Gasteiger partial charge in [0, 0.05) is 25.1 Å². The SMILES string of the molecule is Cc1ccc(F)c(OCC(=O)N2CCC[C@@H]2[C@@H]2COCC[C@@H]2O)c1. The van der Waals surface area contributed by atoms with Crippen LogP contribution in [0.3, 0.4) is 0 Å². The lowest BCUT2D eigenvalue weighted by atomic mass is 9.89. The molecule has 0 bridgehead atoms. The molecular weight excluding hydrogens is 313 g/mol. The fourth-order valence-electron chi connectivity index (χ4n) is 3.61. The molecule has 3 rings (SSSR count). The Kier molecular flexibility index (Phi) is 5.36. The third kappa shape index (κ3) is 3.70. The van der Waals surface area contributed by atoms with Gasteiger partial charge in [0.1, 0.15) is 0 Å². The van der Waals surface area contributed by atoms with Crippen molar-refractivity contribution in [3.05, 3.63) is 29.6 Å². The smallest absolute Gasteiger partial charge is 0.260 e. The highest BCUT2D eigenvalue weighted by atomic mass is 19.1. The summed E-state index contributed by atoms with van der Waals surface area (Å²) in [5, 5.41) is 10.2. The van der Waals surface area contributed by atoms with Gasteiger partial charge in [-0.25, -0.2) is 4.39 Å². The van der Waals surface area contributed by atoms with Gasteiger partial charge in [-0.1, -0.05) is 6.07 Å². The molecule has 2 heterocycles. The molecule has 0 unspecified atom stereocenters. The molecule has 1 aromatic rings. The van der Waals surface area contributed by atoms with E-state index < -0.39 is 11.9 Å². The third-order valence-electron chi connectivity index (χ3n) is 4.91. The van der Waals surface area contributed by atoms with E-state index in [1.807, 2.05) is 6.92 Å². The van der Waals surface area contributed by atoms with E-state index >= 15 is 0 Å². The standard InChI is InChI=1S/C18H24FNO4/c1-12-4-5-14(19)17(9-12)24-11-18(22)20-7-2-3-15(20)13-10-23-8-6-16(13)21/h4-5,9,13,15-16,21H,2-3,6-8,10-11H2,1H3/t13-,15+,16-/m0/s1. The van der Waals surface area contributed by atoms with Crippen molar-refractivity contribution in [2.24, 2.45) is 5.92 Å². The maximum Gasteiger partial charge on any atom is 0.260 e. The van der Waals surface area contributed by atoms with Gasteiger partial charge >= 0.3 is 0 Å². The first-order valence-electron chi connectivity index (χ1n) is 8.50. The largest absolute Gasteiger partial charge is 0.481 e. The monoisotopic (exact) mass is 337 g/mol. The summed E-state index contributed by atoms with van der Waals surface area (Å²) in [6.07, 6.45) is 1.93. The van der Waals surface area contributed by atoms with E-state index in [1.54, 1.807) is 17.0 Å². The number of carbonyl (C=O) groups is 1. The van der Waals surface area contributed by atoms with Crippen LogP contribution >= 0.6 is 0 Å². The Morgan fingerprint density at radius 1 is 1.46 bits per heavy atom. The maximum absolute atomic E-state index is 13.7. The van der Waals surface area contributed by atoms with Crippen molar-refractivity contribution in [2.45, 2.75) is 38.3 Å². The van der Waals surface area contributed by atoms with Gasteiger partial charge in [0.25, 0.3) is 5.91 Å². The van der Waals surface area contributed by atoms with Crippen LogP contribution < -0.4 is 4.74 Å². The molecule has 5 nitrogen and oxygen atoms in total. The normalized spacial score (nSPS) is 27.3. The van der Waals surface area contributed by atoms with Crippen molar-refractivity contribution >= 4 is 5.91 Å². The molecule has 24 heavy (non-hydrogen) atoms. The zero-order valence-electron chi connectivity index (χ0n) is 13.9. The van der Waals surface area contributed by atoms with E-state index in [1.165, 1.54) is 6.07 Å². The van der Waals surface area contributed by atoms with Gasteiger partial charge in [-0.2, -0.15) is 0 Å². The molecule has 2 fully saturated rings. The number of benzene rings is 1. The predicted molar refractivity (Wildman–Crippen MR) is 86.3 cm³/mol. The minimum atomic E-state index is -0.470. The molecule has 0 aromatic heterocycles. The Morgan fingerprint density at radius 2 is 2.29 bits per heavy atom. The van der Waals surface area contributed by atoms with E-state index in [-0.39, 0.29) is 30.2 Å². The molecule has 1 N–H and O–H groups in total. The summed E-state index contributed by atoms with van der Waals surface area (Å²) in [5.74, 6) is -0.598. The molecule has 1 amide bonds. The van der Waals surface area contributed by atoms with Gasteiger partial charge in [0.15, 0.2) is 18.2 Å². The lowest BCUT2D eigenvalue weighted by molar-refractivity contribution is -0.138. The topological polar surface area (TPSA) is 59.0 Å². The number of ether oxygens (including phenoxy) is 2. The quantitative estimate of drug-likeness (QED) is 0.912. The summed E-state index contributed by atoms with van der Waals surface area (Å²) in [4.78, 5) is 14.3. The van der Waals surface area contributed by atoms with Crippen molar-refractivity contribution < 1.29 is 23.8 Å². The summed E-state index contributed by atoms with van der Waals surface area (Å²) in [6, 6.07) is 4.55. The number of amides is 1. The van der Waals surface area contributed by atoms with Crippen LogP contribution in [0.15, 0.2) is 18.2 Å². The molecule has 2 aliphatic heterocycles. The second kappa shape index (κ2) is 7.49. The van der Waals surface area contributed by atoms with Crippen molar-refractivity contribution in [1.82, 2.24) is 4.90 Å². The highest BCUT2D eigenvalue weighted by molar-refractivity contribution is 5.78. The van der Waals surface area contributed by atoms with E-state index in [2.05, 4.69) is 0 Å². The van der Waals surface area contributed by atoms with Crippen molar-refractivity contribution in [1.29, 1.82) is 0 Å². The Bertz CT molecular complexity index is 594. The summed E-state index contributed by atoms with van der Waals surface area (Å²) in [5.41, 5.74) is 0.875. The number of likely N-dealkylation sites (tertiary alicyclic amines) is 1. The van der Waals surface area contributed by atoms with Gasteiger partial charge in [-0.3, -0.25) is 4.79 Å². The van der Waals surface area contributed by atoms with Crippen LogP contribution in [-0.2, 0) is 9.53 Å². The van der Waals surface area contributed by atoms with Crippen LogP contribution in [0, 0.1) is 18.7 Å². The first-order chi connectivity index (χ1) is 11.6. The van der Waals surface area contributed by atoms with Gasteiger partial charge in [0.2, 0.25) is 0 Å². The van der Waals surface area contributed by atoms with Crippen molar-refractivity contribution in [3.63, 3.8) is 0 Å². The first kappa shape index (κ1) is 17.2. The molecule has 0 radical (unpaired) electrons. The Labute approximate surface area is 141 Å². The average molecular weight is 337 g/mol. The van der Waals surface area contributed by atoms with Crippen LogP contribution in [0.1, 0.15) is 24.8 Å². The molecule has 3 atom stereocenters. The van der Waals surface area contributed by atoms with Gasteiger partial charge in [-0.15, -0.1) is 0 Å². The van der Waals surface area contributed by atoms with Crippen molar-refractivity contribution in [2.75, 3.05) is 26.4 Å². The van der Waals surface area contributed by atoms with Crippen LogP contribution in [0.5, 0.6) is 5.75 Å². The maximum atomic E-state index is 13.7. The average Bonchev–Trinajstić information content (AvgIpc) is 3.05. The van der Waals surface area contributed by atoms with Crippen LogP contribution in [0.4, 0.5) is 4.39 Å². The summed E-state index contributed by atoms with van der Waals surface area (Å²) in [7, 11) is 0. The van der Waals surface area contributed by atoms with E-state index in [9.17, 15) is 14.3 Å². The molecule has 132 valence electrons. The molecule has 0 spiro atoms. The van der Waals surface area contributed by atoms with Crippen LogP contribution in [0.25, 0.3) is 0 Å². The van der Waals surface area contributed by atoms with E-state index in [0.717, 1.165) is 18.4 Å². The number of carbonyl (C=O) groups excluding carboxylic acids is 1. The summed E-state index contributed by atoms with van der Waals surface area (Å²) < 4.78 is 24.6. The molecule has 0 saturated carbocycles. The first-order valence-corrected chi connectivity index (χ1v) is 8.50. The minimum Gasteiger partial charge on any atom is -0.481 e. The lowest BCUT2D eigenvalue weighted by Gasteiger charge is -2.36.